The van der Waals surface area contributed by atoms with E-state index in [1.807, 2.05) is 49.4 Å². The molecule has 0 aliphatic heterocycles. The molecule has 0 fully saturated rings. The molecule has 21 heavy (non-hydrogen) atoms. The Bertz CT molecular complexity index is 1030. The predicted molar refractivity (Wildman–Crippen MR) is 83.9 cm³/mol. The van der Waals surface area contributed by atoms with Crippen LogP contribution in [0.25, 0.3) is 27.6 Å². The van der Waals surface area contributed by atoms with E-state index in [1.165, 1.54) is 0 Å². The molecule has 4 nitrogen and oxygen atoms in total. The average molecular weight is 275 g/mol. The Morgan fingerprint density at radius 3 is 2.76 bits per heavy atom. The molecule has 4 heteroatoms. The highest BCUT2D eigenvalue weighted by atomic mass is 16.1. The van der Waals surface area contributed by atoms with Gasteiger partial charge in [-0.3, -0.25) is 9.36 Å². The molecule has 0 aliphatic carbocycles. The first-order chi connectivity index (χ1) is 10.2. The Kier molecular flexibility index (Phi) is 2.44. The van der Waals surface area contributed by atoms with E-state index >= 15 is 0 Å². The summed E-state index contributed by atoms with van der Waals surface area (Å²) >= 11 is 0. The van der Waals surface area contributed by atoms with Crippen LogP contribution >= 0.6 is 0 Å². The summed E-state index contributed by atoms with van der Waals surface area (Å²) in [7, 11) is 0. The van der Waals surface area contributed by atoms with Gasteiger partial charge in [-0.25, -0.2) is 4.98 Å². The van der Waals surface area contributed by atoms with Crippen LogP contribution in [0.1, 0.15) is 5.82 Å². The van der Waals surface area contributed by atoms with E-state index in [9.17, 15) is 4.79 Å². The van der Waals surface area contributed by atoms with E-state index in [0.29, 0.717) is 0 Å². The first kappa shape index (κ1) is 11.9. The zero-order valence-electron chi connectivity index (χ0n) is 11.5. The summed E-state index contributed by atoms with van der Waals surface area (Å²) in [5.41, 5.74) is 3.80. The fraction of sp³-hybridized carbons (Fsp3) is 0.0588. The minimum atomic E-state index is -0.0909. The van der Waals surface area contributed by atoms with Crippen molar-refractivity contribution in [2.45, 2.75) is 6.92 Å². The maximum atomic E-state index is 11.5. The van der Waals surface area contributed by atoms with Gasteiger partial charge >= 0.3 is 0 Å². The maximum Gasteiger partial charge on any atom is 0.248 e. The van der Waals surface area contributed by atoms with E-state index in [1.54, 1.807) is 6.07 Å². The fourth-order valence-corrected chi connectivity index (χ4v) is 2.82. The third kappa shape index (κ3) is 1.76. The second-order valence-electron chi connectivity index (χ2n) is 5.04. The summed E-state index contributed by atoms with van der Waals surface area (Å²) in [6.07, 6.45) is 0. The van der Waals surface area contributed by atoms with Gasteiger partial charge in [0.25, 0.3) is 0 Å². The lowest BCUT2D eigenvalue weighted by atomic mass is 10.1. The van der Waals surface area contributed by atoms with E-state index in [0.717, 1.165) is 33.4 Å². The normalized spacial score (nSPS) is 11.3. The molecule has 2 aromatic carbocycles. The van der Waals surface area contributed by atoms with Crippen molar-refractivity contribution in [2.75, 3.05) is 0 Å². The number of fused-ring (bicyclic) bond motifs is 2. The molecule has 0 saturated carbocycles. The number of hydrogen-bond acceptors (Lipinski definition) is 2. The zero-order chi connectivity index (χ0) is 14.4. The van der Waals surface area contributed by atoms with Crippen molar-refractivity contribution in [1.82, 2.24) is 14.5 Å². The minimum Gasteiger partial charge on any atom is -0.322 e. The van der Waals surface area contributed by atoms with Crippen LogP contribution in [0.5, 0.6) is 0 Å². The lowest BCUT2D eigenvalue weighted by Crippen LogP contribution is -2.04. The fourth-order valence-electron chi connectivity index (χ4n) is 2.82. The molecule has 2 heterocycles. The van der Waals surface area contributed by atoms with Crippen LogP contribution in [0.3, 0.4) is 0 Å². The number of hydrogen-bond donors (Lipinski definition) is 1. The van der Waals surface area contributed by atoms with Gasteiger partial charge in [0.2, 0.25) is 5.56 Å². The summed E-state index contributed by atoms with van der Waals surface area (Å²) < 4.78 is 2.12. The highest BCUT2D eigenvalue weighted by molar-refractivity contribution is 5.90. The average Bonchev–Trinajstić information content (AvgIpc) is 2.82. The third-order valence-corrected chi connectivity index (χ3v) is 3.71. The second-order valence-corrected chi connectivity index (χ2v) is 5.04. The topological polar surface area (TPSA) is 50.7 Å². The molecular weight excluding hydrogens is 262 g/mol. The number of imidazole rings is 1. The van der Waals surface area contributed by atoms with E-state index in [4.69, 9.17) is 0 Å². The van der Waals surface area contributed by atoms with E-state index in [-0.39, 0.29) is 5.56 Å². The van der Waals surface area contributed by atoms with E-state index < -0.39 is 0 Å². The van der Waals surface area contributed by atoms with Gasteiger partial charge < -0.3 is 4.98 Å². The molecule has 0 amide bonds. The van der Waals surface area contributed by atoms with Crippen LogP contribution in [-0.4, -0.2) is 14.5 Å². The van der Waals surface area contributed by atoms with Gasteiger partial charge in [0.05, 0.1) is 22.2 Å². The smallest absolute Gasteiger partial charge is 0.248 e. The monoisotopic (exact) mass is 275 g/mol. The van der Waals surface area contributed by atoms with Gasteiger partial charge in [-0.2, -0.15) is 0 Å². The molecule has 1 N–H and O–H groups in total. The van der Waals surface area contributed by atoms with Gasteiger partial charge in [0.15, 0.2) is 0 Å². The van der Waals surface area contributed by atoms with Crippen molar-refractivity contribution >= 4 is 21.9 Å². The molecular formula is C17H13N3O. The highest BCUT2D eigenvalue weighted by Gasteiger charge is 2.11. The van der Waals surface area contributed by atoms with Crippen molar-refractivity contribution in [3.63, 3.8) is 0 Å². The van der Waals surface area contributed by atoms with Crippen LogP contribution in [0, 0.1) is 6.92 Å². The van der Waals surface area contributed by atoms with Crippen molar-refractivity contribution in [1.29, 1.82) is 0 Å². The number of nitrogens with one attached hydrogen (secondary N) is 1. The van der Waals surface area contributed by atoms with Crippen molar-refractivity contribution in [3.8, 4) is 5.69 Å². The Labute approximate surface area is 120 Å². The second kappa shape index (κ2) is 4.31. The molecule has 0 unspecified atom stereocenters. The lowest BCUT2D eigenvalue weighted by molar-refractivity contribution is 1.01. The summed E-state index contributed by atoms with van der Waals surface area (Å²) in [6.45, 7) is 1.99. The number of H-pyrrole nitrogens is 1. The van der Waals surface area contributed by atoms with Crippen LogP contribution in [0.15, 0.2) is 59.4 Å². The van der Waals surface area contributed by atoms with Crippen molar-refractivity contribution < 1.29 is 0 Å². The summed E-state index contributed by atoms with van der Waals surface area (Å²) in [6, 6.07) is 17.4. The van der Waals surface area contributed by atoms with Gasteiger partial charge in [-0.1, -0.05) is 18.2 Å². The molecule has 4 rings (SSSR count). The van der Waals surface area contributed by atoms with Gasteiger partial charge in [0, 0.05) is 11.5 Å². The molecule has 0 atom stereocenters. The molecule has 0 saturated heterocycles. The van der Waals surface area contributed by atoms with Crippen LogP contribution in [0.4, 0.5) is 0 Å². The number of aryl methyl sites for hydroxylation is 1. The maximum absolute atomic E-state index is 11.5. The molecule has 0 bridgehead atoms. The van der Waals surface area contributed by atoms with Gasteiger partial charge in [-0.05, 0) is 37.3 Å². The first-order valence-electron chi connectivity index (χ1n) is 6.80. The Balaban J connectivity index is 2.14. The number of aromatic nitrogens is 3. The quantitative estimate of drug-likeness (QED) is 0.580. The zero-order valence-corrected chi connectivity index (χ0v) is 11.5. The Morgan fingerprint density at radius 2 is 1.86 bits per heavy atom. The summed E-state index contributed by atoms with van der Waals surface area (Å²) in [5, 5.41) is 1.00. The minimum absolute atomic E-state index is 0.0909. The van der Waals surface area contributed by atoms with Crippen molar-refractivity contribution in [3.05, 3.63) is 70.8 Å². The molecule has 0 spiro atoms. The number of benzene rings is 2. The van der Waals surface area contributed by atoms with Crippen LogP contribution < -0.4 is 5.56 Å². The number of aromatic amines is 1. The van der Waals surface area contributed by atoms with Gasteiger partial charge in [-0.15, -0.1) is 0 Å². The Hall–Kier alpha value is -2.88. The van der Waals surface area contributed by atoms with Crippen LogP contribution in [-0.2, 0) is 0 Å². The standard InChI is InChI=1S/C17H13N3O/c1-11-18-14-5-2-3-7-16(14)20(11)15-8-4-6-13-12(15)9-10-17(21)19-13/h2-10H,1H3,(H,19,21). The Morgan fingerprint density at radius 1 is 1.00 bits per heavy atom. The van der Waals surface area contributed by atoms with Gasteiger partial charge in [0.1, 0.15) is 5.82 Å². The highest BCUT2D eigenvalue weighted by Crippen LogP contribution is 2.26. The summed E-state index contributed by atoms with van der Waals surface area (Å²) in [5.74, 6) is 0.926. The largest absolute Gasteiger partial charge is 0.322 e. The predicted octanol–water partition coefficient (Wildman–Crippen LogP) is 3.18. The summed E-state index contributed by atoms with van der Waals surface area (Å²) in [4.78, 5) is 19.0. The number of rotatable bonds is 1. The SMILES string of the molecule is Cc1nc2ccccc2n1-c1cccc2[nH]c(=O)ccc12. The molecule has 102 valence electrons. The number of para-hydroxylation sites is 2. The third-order valence-electron chi connectivity index (χ3n) is 3.71. The first-order valence-corrected chi connectivity index (χ1v) is 6.80. The van der Waals surface area contributed by atoms with E-state index in [2.05, 4.69) is 20.6 Å². The molecule has 0 radical (unpaired) electrons. The number of pyridine rings is 1. The molecule has 0 aliphatic rings. The number of nitrogens with zero attached hydrogens (tertiary/aromatic N) is 2. The van der Waals surface area contributed by atoms with Crippen molar-refractivity contribution in [2.24, 2.45) is 0 Å². The molecule has 4 aromatic rings. The molecule has 2 aromatic heterocycles. The lowest BCUT2D eigenvalue weighted by Gasteiger charge is -2.10. The van der Waals surface area contributed by atoms with Crippen LogP contribution in [0.2, 0.25) is 0 Å².